The molecule has 2 aliphatic rings. The van der Waals surface area contributed by atoms with Crippen LogP contribution in [0.5, 0.6) is 0 Å². The zero-order chi connectivity index (χ0) is 16.5. The normalized spacial score (nSPS) is 21.9. The Morgan fingerprint density at radius 2 is 1.96 bits per heavy atom. The van der Waals surface area contributed by atoms with Gasteiger partial charge in [0, 0.05) is 24.7 Å². The lowest BCUT2D eigenvalue weighted by molar-refractivity contribution is 0.158. The predicted molar refractivity (Wildman–Crippen MR) is 90.4 cm³/mol. The van der Waals surface area contributed by atoms with Crippen molar-refractivity contribution in [1.82, 2.24) is 9.97 Å². The van der Waals surface area contributed by atoms with Gasteiger partial charge in [0.1, 0.15) is 17.5 Å². The summed E-state index contributed by atoms with van der Waals surface area (Å²) < 4.78 is 13.0. The van der Waals surface area contributed by atoms with Crippen molar-refractivity contribution in [3.05, 3.63) is 53.7 Å². The largest absolute Gasteiger partial charge is 0.388 e. The average molecular weight is 327 g/mol. The zero-order valence-corrected chi connectivity index (χ0v) is 13.6. The van der Waals surface area contributed by atoms with E-state index in [4.69, 9.17) is 4.98 Å². The molecule has 1 aromatic carbocycles. The quantitative estimate of drug-likeness (QED) is 0.912. The molecule has 2 atom stereocenters. The van der Waals surface area contributed by atoms with Gasteiger partial charge in [-0.15, -0.1) is 0 Å². The number of hydrogen-bond acceptors (Lipinski definition) is 4. The van der Waals surface area contributed by atoms with Crippen LogP contribution in [0.3, 0.4) is 0 Å². The van der Waals surface area contributed by atoms with Crippen molar-refractivity contribution in [1.29, 1.82) is 0 Å². The van der Waals surface area contributed by atoms with Gasteiger partial charge in [-0.05, 0) is 55.9 Å². The average Bonchev–Trinajstić information content (AvgIpc) is 3.35. The van der Waals surface area contributed by atoms with E-state index in [1.165, 1.54) is 25.0 Å². The second-order valence-corrected chi connectivity index (χ2v) is 6.84. The maximum Gasteiger partial charge on any atom is 0.133 e. The first-order valence-electron chi connectivity index (χ1n) is 8.74. The van der Waals surface area contributed by atoms with Crippen LogP contribution in [0.25, 0.3) is 0 Å². The van der Waals surface area contributed by atoms with Crippen LogP contribution in [-0.4, -0.2) is 27.7 Å². The van der Waals surface area contributed by atoms with E-state index in [0.29, 0.717) is 12.3 Å². The minimum absolute atomic E-state index is 0.256. The van der Waals surface area contributed by atoms with Crippen molar-refractivity contribution in [2.24, 2.45) is 0 Å². The smallest absolute Gasteiger partial charge is 0.133 e. The Bertz CT molecular complexity index is 702. The molecule has 0 radical (unpaired) electrons. The summed E-state index contributed by atoms with van der Waals surface area (Å²) in [6, 6.07) is 8.35. The maximum absolute atomic E-state index is 13.0. The lowest BCUT2D eigenvalue weighted by Crippen LogP contribution is -2.31. The summed E-state index contributed by atoms with van der Waals surface area (Å²) in [7, 11) is 0. The highest BCUT2D eigenvalue weighted by Gasteiger charge is 2.30. The molecule has 0 amide bonds. The van der Waals surface area contributed by atoms with E-state index in [9.17, 15) is 9.50 Å². The van der Waals surface area contributed by atoms with Crippen LogP contribution in [0.2, 0.25) is 0 Å². The van der Waals surface area contributed by atoms with Gasteiger partial charge in [0.25, 0.3) is 0 Å². The van der Waals surface area contributed by atoms with E-state index in [1.807, 2.05) is 12.3 Å². The first-order valence-corrected chi connectivity index (χ1v) is 8.74. The number of aromatic nitrogens is 2. The highest BCUT2D eigenvalue weighted by molar-refractivity contribution is 5.41. The number of halogens is 1. The van der Waals surface area contributed by atoms with Gasteiger partial charge in [-0.2, -0.15) is 0 Å². The second-order valence-electron chi connectivity index (χ2n) is 6.84. The first-order chi connectivity index (χ1) is 11.7. The zero-order valence-electron chi connectivity index (χ0n) is 13.6. The molecule has 1 saturated carbocycles. The third kappa shape index (κ3) is 3.26. The maximum atomic E-state index is 13.0. The molecule has 1 aliphatic carbocycles. The molecule has 24 heavy (non-hydrogen) atoms. The number of nitrogens with zero attached hydrogens (tertiary/aromatic N) is 3. The van der Waals surface area contributed by atoms with Gasteiger partial charge in [0.15, 0.2) is 0 Å². The minimum atomic E-state index is -0.582. The summed E-state index contributed by atoms with van der Waals surface area (Å²) >= 11 is 0. The van der Waals surface area contributed by atoms with Crippen molar-refractivity contribution in [2.75, 3.05) is 11.4 Å². The number of anilines is 1. The SMILES string of the molecule is O[C@H](C[C@H]1CCCN1c1ccnc(C2CC2)n1)c1ccc(F)cc1. The lowest BCUT2D eigenvalue weighted by Gasteiger charge is -2.27. The van der Waals surface area contributed by atoms with E-state index in [1.54, 1.807) is 12.1 Å². The van der Waals surface area contributed by atoms with Gasteiger partial charge < -0.3 is 10.0 Å². The van der Waals surface area contributed by atoms with Gasteiger partial charge in [-0.25, -0.2) is 14.4 Å². The summed E-state index contributed by atoms with van der Waals surface area (Å²) in [4.78, 5) is 11.4. The van der Waals surface area contributed by atoms with Crippen LogP contribution < -0.4 is 4.90 Å². The fourth-order valence-corrected chi connectivity index (χ4v) is 3.52. The fourth-order valence-electron chi connectivity index (χ4n) is 3.52. The summed E-state index contributed by atoms with van der Waals surface area (Å²) in [5, 5.41) is 10.5. The van der Waals surface area contributed by atoms with Crippen LogP contribution in [-0.2, 0) is 0 Å². The Balaban J connectivity index is 1.48. The number of benzene rings is 1. The van der Waals surface area contributed by atoms with Crippen molar-refractivity contribution in [3.63, 3.8) is 0 Å². The molecule has 2 fully saturated rings. The topological polar surface area (TPSA) is 49.2 Å². The highest BCUT2D eigenvalue weighted by Crippen LogP contribution is 2.39. The monoisotopic (exact) mass is 327 g/mol. The van der Waals surface area contributed by atoms with Crippen LogP contribution >= 0.6 is 0 Å². The van der Waals surface area contributed by atoms with Crippen molar-refractivity contribution >= 4 is 5.82 Å². The predicted octanol–water partition coefficient (Wildman–Crippen LogP) is 3.59. The fraction of sp³-hybridized carbons (Fsp3) is 0.474. The molecule has 2 heterocycles. The van der Waals surface area contributed by atoms with Crippen molar-refractivity contribution in [3.8, 4) is 0 Å². The number of rotatable bonds is 5. The number of hydrogen-bond donors (Lipinski definition) is 1. The second kappa shape index (κ2) is 6.48. The van der Waals surface area contributed by atoms with E-state index in [-0.39, 0.29) is 11.9 Å². The van der Waals surface area contributed by atoms with Gasteiger partial charge in [0.2, 0.25) is 0 Å². The number of aliphatic hydroxyl groups excluding tert-OH is 1. The lowest BCUT2D eigenvalue weighted by atomic mass is 10.0. The Labute approximate surface area is 141 Å². The minimum Gasteiger partial charge on any atom is -0.388 e. The summed E-state index contributed by atoms with van der Waals surface area (Å²) in [6.07, 6.45) is 6.42. The van der Waals surface area contributed by atoms with E-state index < -0.39 is 6.10 Å². The molecule has 5 heteroatoms. The Morgan fingerprint density at radius 1 is 1.17 bits per heavy atom. The summed E-state index contributed by atoms with van der Waals surface area (Å²) in [5.41, 5.74) is 0.768. The van der Waals surface area contributed by atoms with Crippen LogP contribution in [0.1, 0.15) is 55.5 Å². The van der Waals surface area contributed by atoms with E-state index in [0.717, 1.165) is 36.6 Å². The van der Waals surface area contributed by atoms with Gasteiger partial charge >= 0.3 is 0 Å². The van der Waals surface area contributed by atoms with E-state index in [2.05, 4.69) is 9.88 Å². The van der Waals surface area contributed by atoms with Crippen molar-refractivity contribution < 1.29 is 9.50 Å². The van der Waals surface area contributed by atoms with Gasteiger partial charge in [0.05, 0.1) is 6.10 Å². The van der Waals surface area contributed by atoms with Crippen LogP contribution in [0.4, 0.5) is 10.2 Å². The molecule has 126 valence electrons. The molecule has 0 unspecified atom stereocenters. The Kier molecular flexibility index (Phi) is 4.19. The van der Waals surface area contributed by atoms with Gasteiger partial charge in [-0.3, -0.25) is 0 Å². The Morgan fingerprint density at radius 3 is 2.71 bits per heavy atom. The molecular weight excluding hydrogens is 305 g/mol. The molecule has 0 bridgehead atoms. The van der Waals surface area contributed by atoms with Crippen LogP contribution in [0.15, 0.2) is 36.5 Å². The molecule has 1 aromatic heterocycles. The standard InChI is InChI=1S/C19H22FN3O/c20-15-7-5-13(6-8-15)17(24)12-16-2-1-11-23(16)18-9-10-21-19(22-18)14-3-4-14/h5-10,14,16-17,24H,1-4,11-12H2/t16-,17-/m1/s1. The molecule has 1 saturated heterocycles. The summed E-state index contributed by atoms with van der Waals surface area (Å²) in [6.45, 7) is 0.960. The first kappa shape index (κ1) is 15.5. The molecule has 4 nitrogen and oxygen atoms in total. The molecule has 2 aromatic rings. The Hall–Kier alpha value is -2.01. The van der Waals surface area contributed by atoms with Crippen LogP contribution in [0, 0.1) is 5.82 Å². The summed E-state index contributed by atoms with van der Waals surface area (Å²) in [5.74, 6) is 2.19. The molecule has 0 spiro atoms. The molecule has 1 aliphatic heterocycles. The third-order valence-corrected chi connectivity index (χ3v) is 5.02. The molecule has 4 rings (SSSR count). The van der Waals surface area contributed by atoms with Crippen molar-refractivity contribution in [2.45, 2.75) is 50.2 Å². The molecule has 1 N–H and O–H groups in total. The van der Waals surface area contributed by atoms with E-state index >= 15 is 0 Å². The van der Waals surface area contributed by atoms with Gasteiger partial charge in [-0.1, -0.05) is 12.1 Å². The molecular formula is C19H22FN3O. The highest BCUT2D eigenvalue weighted by atomic mass is 19.1. The third-order valence-electron chi connectivity index (χ3n) is 5.02. The number of aliphatic hydroxyl groups is 1.